The van der Waals surface area contributed by atoms with Crippen LogP contribution in [-0.4, -0.2) is 17.2 Å². The largest absolute Gasteiger partial charge is 0.355 e. The second-order valence-electron chi connectivity index (χ2n) is 12.1. The molecule has 0 saturated heterocycles. The Kier molecular flexibility index (Phi) is 6.21. The normalized spacial score (nSPS) is 29.1. The molecule has 0 spiro atoms. The molecule has 2 aliphatic heterocycles. The average Bonchev–Trinajstić information content (AvgIpc) is 3.71. The van der Waals surface area contributed by atoms with Gasteiger partial charge in [-0.3, -0.25) is 4.99 Å². The van der Waals surface area contributed by atoms with Crippen molar-refractivity contribution in [2.24, 2.45) is 16.3 Å². The number of fused-ring (bicyclic) bond motifs is 4. The summed E-state index contributed by atoms with van der Waals surface area (Å²) in [5.41, 5.74) is 17.3. The molecule has 204 valence electrons. The van der Waals surface area contributed by atoms with Crippen LogP contribution in [0, 0.1) is 11.3 Å². The van der Waals surface area contributed by atoms with E-state index < -0.39 is 0 Å². The monoisotopic (exact) mass is 535 g/mol. The minimum atomic E-state index is -0.317. The molecule has 0 aromatic carbocycles. The van der Waals surface area contributed by atoms with Gasteiger partial charge in [-0.15, -0.1) is 5.73 Å². The van der Waals surface area contributed by atoms with Gasteiger partial charge in [0.2, 0.25) is 0 Å². The van der Waals surface area contributed by atoms with Crippen molar-refractivity contribution in [1.29, 1.82) is 0 Å². The van der Waals surface area contributed by atoms with Crippen molar-refractivity contribution in [1.82, 2.24) is 10.2 Å². The van der Waals surface area contributed by atoms with Crippen LogP contribution >= 0.6 is 0 Å². The fourth-order valence-corrected chi connectivity index (χ4v) is 7.28. The van der Waals surface area contributed by atoms with Crippen molar-refractivity contribution >= 4 is 6.21 Å². The fourth-order valence-electron chi connectivity index (χ4n) is 7.28. The Labute approximate surface area is 244 Å². The lowest BCUT2D eigenvalue weighted by atomic mass is 9.72. The van der Waals surface area contributed by atoms with Crippen molar-refractivity contribution in [3.8, 4) is 0 Å². The maximum absolute atomic E-state index is 5.37. The zero-order chi connectivity index (χ0) is 28.1. The molecular formula is C38H37N3. The van der Waals surface area contributed by atoms with Crippen molar-refractivity contribution in [3.63, 3.8) is 0 Å². The standard InChI is InChI=1S/C38H37N3/c1-5-11-33-31(23-39-37-28-16-8-18-30(37)29-17-7-13-25(29)21-28)38(3,4)32(34(40-33)12-6-2)24-41-35-19-9-14-26(35)22-27-15-10-20-36(27)41/h5-8,11-16,18-20,23-24,30,37,40H,2,9,17,21-22H2,1,3-4H3/b11-5-,32-24+,34-12+,39-23+. The summed E-state index contributed by atoms with van der Waals surface area (Å²) in [6.07, 6.45) is 37.2. The van der Waals surface area contributed by atoms with Gasteiger partial charge in [-0.1, -0.05) is 80.7 Å². The number of hydrogen-bond acceptors (Lipinski definition) is 3. The number of nitrogens with one attached hydrogen (secondary N) is 1. The molecule has 3 nitrogen and oxygen atoms in total. The quantitative estimate of drug-likeness (QED) is 0.282. The van der Waals surface area contributed by atoms with E-state index in [0.29, 0.717) is 5.92 Å². The summed E-state index contributed by atoms with van der Waals surface area (Å²) in [7, 11) is 0. The zero-order valence-corrected chi connectivity index (χ0v) is 24.2. The molecule has 0 saturated carbocycles. The first-order valence-corrected chi connectivity index (χ1v) is 14.8. The van der Waals surface area contributed by atoms with Gasteiger partial charge in [0, 0.05) is 64.5 Å². The first kappa shape index (κ1) is 25.6. The second kappa shape index (κ2) is 9.94. The van der Waals surface area contributed by atoms with Crippen molar-refractivity contribution in [2.45, 2.75) is 52.5 Å². The molecule has 0 aromatic rings. The van der Waals surface area contributed by atoms with E-state index >= 15 is 0 Å². The Morgan fingerprint density at radius 1 is 1.17 bits per heavy atom. The second-order valence-corrected chi connectivity index (χ2v) is 12.1. The highest BCUT2D eigenvalue weighted by molar-refractivity contribution is 5.85. The molecule has 2 unspecified atom stereocenters. The number of aliphatic imine (C=N–C) groups is 1. The molecule has 0 radical (unpaired) electrons. The van der Waals surface area contributed by atoms with Crippen LogP contribution < -0.4 is 5.32 Å². The first-order valence-electron chi connectivity index (χ1n) is 14.8. The van der Waals surface area contributed by atoms with Crippen LogP contribution in [0.15, 0.2) is 164 Å². The summed E-state index contributed by atoms with van der Waals surface area (Å²) < 4.78 is 0. The third-order valence-electron chi connectivity index (χ3n) is 9.36. The van der Waals surface area contributed by atoms with Gasteiger partial charge in [0.1, 0.15) is 0 Å². The summed E-state index contributed by atoms with van der Waals surface area (Å²) >= 11 is 0. The Morgan fingerprint density at radius 2 is 2.07 bits per heavy atom. The molecule has 5 aliphatic carbocycles. The number of hydrogen-bond donors (Lipinski definition) is 1. The van der Waals surface area contributed by atoms with Crippen LogP contribution in [0.2, 0.25) is 0 Å². The molecule has 2 atom stereocenters. The summed E-state index contributed by atoms with van der Waals surface area (Å²) in [6.45, 7) is 10.8. The molecule has 41 heavy (non-hydrogen) atoms. The zero-order valence-electron chi connectivity index (χ0n) is 24.2. The number of nitrogens with zero attached hydrogens (tertiary/aromatic N) is 2. The SMILES string of the molecule is C=C/C=C1/NC(/C=C\C)=C(/C=N/C2C3=CC=CC2C2=C(C=CC2)C3)C(C)(C)/C1=C/N1C2=CCC=C2CC2=C1C=C=C2. The summed E-state index contributed by atoms with van der Waals surface area (Å²) in [6, 6.07) is 0.159. The van der Waals surface area contributed by atoms with E-state index in [9.17, 15) is 0 Å². The molecule has 2 bridgehead atoms. The maximum atomic E-state index is 5.37. The van der Waals surface area contributed by atoms with Gasteiger partial charge in [-0.25, -0.2) is 0 Å². The van der Waals surface area contributed by atoms with Crippen LogP contribution in [0.25, 0.3) is 0 Å². The lowest BCUT2D eigenvalue weighted by Crippen LogP contribution is -2.36. The van der Waals surface area contributed by atoms with Crippen LogP contribution in [0.1, 0.15) is 46.5 Å². The van der Waals surface area contributed by atoms with Crippen molar-refractivity contribution in [2.75, 3.05) is 0 Å². The first-order chi connectivity index (χ1) is 20.0. The molecule has 0 fully saturated rings. The topological polar surface area (TPSA) is 27.6 Å². The summed E-state index contributed by atoms with van der Waals surface area (Å²) in [5, 5.41) is 3.76. The van der Waals surface area contributed by atoms with E-state index in [1.165, 1.54) is 44.8 Å². The Balaban J connectivity index is 1.32. The van der Waals surface area contributed by atoms with E-state index in [4.69, 9.17) is 4.99 Å². The molecule has 7 rings (SSSR count). The highest BCUT2D eigenvalue weighted by atomic mass is 15.2. The average molecular weight is 536 g/mol. The smallest absolute Gasteiger partial charge is 0.0815 e. The van der Waals surface area contributed by atoms with Crippen LogP contribution in [0.3, 0.4) is 0 Å². The van der Waals surface area contributed by atoms with E-state index in [1.54, 1.807) is 5.57 Å². The molecule has 2 heterocycles. The third kappa shape index (κ3) is 4.15. The Morgan fingerprint density at radius 3 is 2.93 bits per heavy atom. The Bertz CT molecular complexity index is 1690. The van der Waals surface area contributed by atoms with Crippen LogP contribution in [0.5, 0.6) is 0 Å². The highest BCUT2D eigenvalue weighted by Gasteiger charge is 2.39. The summed E-state index contributed by atoms with van der Waals surface area (Å²) in [4.78, 5) is 7.75. The van der Waals surface area contributed by atoms with Crippen LogP contribution in [-0.2, 0) is 0 Å². The maximum Gasteiger partial charge on any atom is 0.0815 e. The van der Waals surface area contributed by atoms with Gasteiger partial charge in [-0.2, -0.15) is 0 Å². The van der Waals surface area contributed by atoms with Gasteiger partial charge in [0.05, 0.1) is 11.7 Å². The minimum Gasteiger partial charge on any atom is -0.355 e. The van der Waals surface area contributed by atoms with E-state index in [2.05, 4.69) is 129 Å². The molecule has 0 aromatic heterocycles. The van der Waals surface area contributed by atoms with Crippen molar-refractivity contribution in [3.05, 3.63) is 159 Å². The molecule has 3 heteroatoms. The van der Waals surface area contributed by atoms with Gasteiger partial charge in [0.25, 0.3) is 0 Å². The Hall–Kier alpha value is -4.33. The molecule has 0 amide bonds. The van der Waals surface area contributed by atoms with Gasteiger partial charge < -0.3 is 10.2 Å². The van der Waals surface area contributed by atoms with Crippen LogP contribution in [0.4, 0.5) is 0 Å². The van der Waals surface area contributed by atoms with E-state index in [0.717, 1.165) is 37.1 Å². The summed E-state index contributed by atoms with van der Waals surface area (Å²) in [5.74, 6) is 0.349. The van der Waals surface area contributed by atoms with Gasteiger partial charge >= 0.3 is 0 Å². The number of allylic oxidation sites excluding steroid dienone is 16. The predicted molar refractivity (Wildman–Crippen MR) is 170 cm³/mol. The van der Waals surface area contributed by atoms with Gasteiger partial charge in [0.15, 0.2) is 0 Å². The number of rotatable bonds is 5. The highest BCUT2D eigenvalue weighted by Crippen LogP contribution is 2.47. The van der Waals surface area contributed by atoms with Crippen molar-refractivity contribution < 1.29 is 0 Å². The van der Waals surface area contributed by atoms with Gasteiger partial charge in [-0.05, 0) is 66.7 Å². The third-order valence-corrected chi connectivity index (χ3v) is 9.36. The van der Waals surface area contributed by atoms with E-state index in [1.807, 2.05) is 6.08 Å². The predicted octanol–water partition coefficient (Wildman–Crippen LogP) is 8.51. The van der Waals surface area contributed by atoms with E-state index in [-0.39, 0.29) is 11.5 Å². The molecular weight excluding hydrogens is 498 g/mol. The minimum absolute atomic E-state index is 0.159. The lowest BCUT2D eigenvalue weighted by molar-refractivity contribution is 0.498. The molecule has 1 N–H and O–H groups in total. The molecule has 7 aliphatic rings. The fraction of sp³-hybridized carbons (Fsp3) is 0.263. The lowest BCUT2D eigenvalue weighted by Gasteiger charge is -2.40.